The first-order valence-electron chi connectivity index (χ1n) is 9.04. The molecule has 7 nitrogen and oxygen atoms in total. The second kappa shape index (κ2) is 9.99. The summed E-state index contributed by atoms with van der Waals surface area (Å²) in [5, 5.41) is 8.51. The fourth-order valence-corrected chi connectivity index (χ4v) is 2.80. The maximum atomic E-state index is 12.8. The second-order valence-electron chi connectivity index (χ2n) is 6.29. The van der Waals surface area contributed by atoms with Crippen LogP contribution in [0.4, 0.5) is 13.2 Å². The summed E-state index contributed by atoms with van der Waals surface area (Å²) in [6.45, 7) is 1.32. The third-order valence-electron chi connectivity index (χ3n) is 4.04. The molecule has 2 aromatic rings. The molecule has 3 rings (SSSR count). The molecular weight excluding hydrogens is 443 g/mol. The number of benzene rings is 1. The van der Waals surface area contributed by atoms with E-state index in [1.807, 2.05) is 0 Å². The normalized spacial score (nSPS) is 14.8. The molecule has 1 aromatic carbocycles. The second-order valence-corrected chi connectivity index (χ2v) is 6.70. The van der Waals surface area contributed by atoms with Crippen molar-refractivity contribution in [2.24, 2.45) is 0 Å². The largest absolute Gasteiger partial charge is 0.493 e. The Bertz CT molecular complexity index is 960. The molecule has 0 spiro atoms. The van der Waals surface area contributed by atoms with Gasteiger partial charge in [-0.2, -0.15) is 13.2 Å². The average Bonchev–Trinajstić information content (AvgIpc) is 3.21. The van der Waals surface area contributed by atoms with Crippen LogP contribution in [-0.2, 0) is 20.4 Å². The van der Waals surface area contributed by atoms with E-state index < -0.39 is 17.7 Å². The van der Waals surface area contributed by atoms with E-state index in [1.165, 1.54) is 18.2 Å². The van der Waals surface area contributed by atoms with Gasteiger partial charge in [0, 0.05) is 30.3 Å². The third-order valence-corrected chi connectivity index (χ3v) is 4.32. The van der Waals surface area contributed by atoms with Crippen LogP contribution in [0.1, 0.15) is 17.5 Å². The molecule has 0 atom stereocenters. The lowest BCUT2D eigenvalue weighted by Gasteiger charge is -2.14. The van der Waals surface area contributed by atoms with E-state index >= 15 is 0 Å². The molecule has 0 radical (unpaired) electrons. The van der Waals surface area contributed by atoms with Crippen LogP contribution in [0.5, 0.6) is 17.4 Å². The van der Waals surface area contributed by atoms with Crippen molar-refractivity contribution in [3.63, 3.8) is 0 Å². The van der Waals surface area contributed by atoms with E-state index in [0.29, 0.717) is 43.2 Å². The van der Waals surface area contributed by atoms with Gasteiger partial charge in [-0.15, -0.1) is 0 Å². The first-order chi connectivity index (χ1) is 14.7. The number of alkyl halides is 3. The Morgan fingerprint density at radius 2 is 2.03 bits per heavy atom. The topological polar surface area (TPSA) is 87.1 Å². The lowest BCUT2D eigenvalue weighted by molar-refractivity contribution is -0.138. The van der Waals surface area contributed by atoms with Crippen LogP contribution in [0.2, 0.25) is 5.02 Å². The number of aliphatic carboxylic acids is 1. The Kier molecular flexibility index (Phi) is 7.37. The summed E-state index contributed by atoms with van der Waals surface area (Å²) in [4.78, 5) is 14.5. The highest BCUT2D eigenvalue weighted by atomic mass is 35.5. The molecule has 1 N–H and O–H groups in total. The van der Waals surface area contributed by atoms with Gasteiger partial charge < -0.3 is 24.1 Å². The molecule has 31 heavy (non-hydrogen) atoms. The van der Waals surface area contributed by atoms with Gasteiger partial charge in [-0.1, -0.05) is 11.6 Å². The van der Waals surface area contributed by atoms with E-state index in [9.17, 15) is 18.0 Å². The van der Waals surface area contributed by atoms with Crippen molar-refractivity contribution in [1.82, 2.24) is 4.98 Å². The zero-order chi connectivity index (χ0) is 22.4. The maximum Gasteiger partial charge on any atom is 0.417 e. The van der Waals surface area contributed by atoms with Gasteiger partial charge in [-0.25, -0.2) is 9.78 Å². The molecule has 1 aliphatic heterocycles. The molecule has 1 aliphatic rings. The highest BCUT2D eigenvalue weighted by Gasteiger charge is 2.32. The van der Waals surface area contributed by atoms with E-state index in [4.69, 9.17) is 35.7 Å². The van der Waals surface area contributed by atoms with Gasteiger partial charge in [0.1, 0.15) is 16.5 Å². The van der Waals surface area contributed by atoms with E-state index in [2.05, 4.69) is 4.98 Å². The van der Waals surface area contributed by atoms with Crippen molar-refractivity contribution in [2.75, 3.05) is 19.8 Å². The fourth-order valence-electron chi connectivity index (χ4n) is 2.60. The van der Waals surface area contributed by atoms with Crippen LogP contribution in [-0.4, -0.2) is 42.2 Å². The minimum Gasteiger partial charge on any atom is -0.493 e. The predicted molar refractivity (Wildman–Crippen MR) is 103 cm³/mol. The number of hydrogen-bond acceptors (Lipinski definition) is 6. The molecule has 2 heterocycles. The van der Waals surface area contributed by atoms with Gasteiger partial charge in [0.25, 0.3) is 0 Å². The number of nitrogens with zero attached hydrogens (tertiary/aromatic N) is 1. The van der Waals surface area contributed by atoms with Gasteiger partial charge in [0.2, 0.25) is 5.88 Å². The Labute approximate surface area is 180 Å². The Hall–Kier alpha value is -2.82. The SMILES string of the molecule is O=C(O)C=Cc1ccc(OCCC2OCCO2)cc1Oc1ncc(C(F)(F)F)cc1Cl. The summed E-state index contributed by atoms with van der Waals surface area (Å²) in [5.41, 5.74) is -0.695. The molecule has 166 valence electrons. The van der Waals surface area contributed by atoms with Crippen molar-refractivity contribution in [2.45, 2.75) is 18.9 Å². The lowest BCUT2D eigenvalue weighted by atomic mass is 10.1. The summed E-state index contributed by atoms with van der Waals surface area (Å²) >= 11 is 5.90. The van der Waals surface area contributed by atoms with E-state index in [1.54, 1.807) is 6.07 Å². The fraction of sp³-hybridized carbons (Fsp3) is 0.300. The number of ether oxygens (including phenoxy) is 4. The van der Waals surface area contributed by atoms with Crippen LogP contribution in [0, 0.1) is 0 Å². The first kappa shape index (κ1) is 22.9. The number of hydrogen-bond donors (Lipinski definition) is 1. The average molecular weight is 460 g/mol. The van der Waals surface area contributed by atoms with Crippen LogP contribution < -0.4 is 9.47 Å². The van der Waals surface area contributed by atoms with Crippen LogP contribution in [0.25, 0.3) is 6.08 Å². The monoisotopic (exact) mass is 459 g/mol. The summed E-state index contributed by atoms with van der Waals surface area (Å²) in [7, 11) is 0. The van der Waals surface area contributed by atoms with Crippen LogP contribution in [0.3, 0.4) is 0 Å². The Morgan fingerprint density at radius 1 is 1.29 bits per heavy atom. The summed E-state index contributed by atoms with van der Waals surface area (Å²) in [6, 6.07) is 5.27. The van der Waals surface area contributed by atoms with Crippen LogP contribution >= 0.6 is 11.6 Å². The minimum absolute atomic E-state index is 0.0949. The third kappa shape index (κ3) is 6.58. The molecule has 0 amide bonds. The number of pyridine rings is 1. The van der Waals surface area contributed by atoms with E-state index in [-0.39, 0.29) is 29.5 Å². The summed E-state index contributed by atoms with van der Waals surface area (Å²) in [6.07, 6.45) is -1.72. The summed E-state index contributed by atoms with van der Waals surface area (Å²) in [5.74, 6) is -0.987. The first-order valence-corrected chi connectivity index (χ1v) is 9.42. The van der Waals surface area contributed by atoms with Crippen molar-refractivity contribution in [3.05, 3.63) is 52.7 Å². The molecular formula is C20H17ClF3NO6. The smallest absolute Gasteiger partial charge is 0.417 e. The van der Waals surface area contributed by atoms with Crippen molar-refractivity contribution >= 4 is 23.6 Å². The van der Waals surface area contributed by atoms with Crippen LogP contribution in [0.15, 0.2) is 36.5 Å². The summed E-state index contributed by atoms with van der Waals surface area (Å²) < 4.78 is 60.3. The zero-order valence-corrected chi connectivity index (χ0v) is 16.7. The van der Waals surface area contributed by atoms with Crippen molar-refractivity contribution in [1.29, 1.82) is 0 Å². The van der Waals surface area contributed by atoms with Gasteiger partial charge in [-0.05, 0) is 24.3 Å². The lowest BCUT2D eigenvalue weighted by Crippen LogP contribution is -2.12. The number of carbonyl (C=O) groups is 1. The quantitative estimate of drug-likeness (QED) is 0.568. The van der Waals surface area contributed by atoms with Gasteiger partial charge in [0.05, 0.1) is 25.4 Å². The molecule has 0 saturated carbocycles. The number of carboxylic acid groups (broad SMARTS) is 1. The van der Waals surface area contributed by atoms with Gasteiger partial charge >= 0.3 is 12.1 Å². The van der Waals surface area contributed by atoms with Crippen molar-refractivity contribution in [3.8, 4) is 17.4 Å². The predicted octanol–water partition coefficient (Wildman–Crippen LogP) is 4.79. The molecule has 11 heteroatoms. The molecule has 0 bridgehead atoms. The standard InChI is InChI=1S/C20H17ClF3NO6/c21-15-9-13(20(22,23)24)11-25-19(15)31-16-10-14(3-1-12(16)2-4-17(26)27)28-6-5-18-29-7-8-30-18/h1-4,9-11,18H,5-8H2,(H,26,27). The number of aromatic nitrogens is 1. The number of halogens is 4. The van der Waals surface area contributed by atoms with E-state index in [0.717, 1.165) is 6.08 Å². The van der Waals surface area contributed by atoms with Gasteiger partial charge in [0.15, 0.2) is 6.29 Å². The molecule has 1 fully saturated rings. The molecule has 1 aromatic heterocycles. The molecule has 1 saturated heterocycles. The Morgan fingerprint density at radius 3 is 2.68 bits per heavy atom. The molecule has 0 unspecified atom stereocenters. The Balaban J connectivity index is 1.80. The number of rotatable bonds is 8. The zero-order valence-electron chi connectivity index (χ0n) is 15.9. The van der Waals surface area contributed by atoms with Gasteiger partial charge in [-0.3, -0.25) is 0 Å². The highest BCUT2D eigenvalue weighted by molar-refractivity contribution is 6.31. The molecule has 0 aliphatic carbocycles. The number of carboxylic acids is 1. The van der Waals surface area contributed by atoms with Crippen molar-refractivity contribution < 1.29 is 42.0 Å². The maximum absolute atomic E-state index is 12.8. The highest BCUT2D eigenvalue weighted by Crippen LogP contribution is 2.36. The minimum atomic E-state index is -4.61.